The van der Waals surface area contributed by atoms with Crippen molar-refractivity contribution < 1.29 is 45.8 Å². The number of nitrogens with one attached hydrogen (secondary N) is 3. The van der Waals surface area contributed by atoms with Gasteiger partial charge in [0, 0.05) is 31.5 Å². The monoisotopic (exact) mass is 703 g/mol. The number of nitrogens with zero attached hydrogens (tertiary/aromatic N) is 4. The number of hydrogen-bond acceptors (Lipinski definition) is 12. The summed E-state index contributed by atoms with van der Waals surface area (Å²) in [6.07, 6.45) is -2.43. The van der Waals surface area contributed by atoms with E-state index < -0.39 is 37.0 Å². The smallest absolute Gasteiger partial charge is 0.421 e. The Bertz CT molecular complexity index is 1920. The molecule has 0 radical (unpaired) electrons. The minimum absolute atomic E-state index is 0.0230. The molecule has 4 aliphatic rings. The number of aromatic nitrogens is 4. The van der Waals surface area contributed by atoms with Gasteiger partial charge in [-0.3, -0.25) is 9.36 Å². The molecule has 8 rings (SSSR count). The maximum Gasteiger partial charge on any atom is 0.421 e. The molecule has 3 N–H and O–H groups in total. The minimum atomic E-state index is -4.87. The van der Waals surface area contributed by atoms with Crippen LogP contribution in [-0.2, 0) is 37.2 Å². The quantitative estimate of drug-likeness (QED) is 0.160. The molecular weight excluding hydrogens is 670 g/mol. The molecule has 14 nitrogen and oxygen atoms in total. The van der Waals surface area contributed by atoms with Crippen LogP contribution < -0.4 is 20.7 Å². The first-order valence-corrected chi connectivity index (χ1v) is 16.7. The number of ether oxygens (including phenoxy) is 2. The van der Waals surface area contributed by atoms with Crippen molar-refractivity contribution in [3.8, 4) is 17.0 Å². The Kier molecular flexibility index (Phi) is 10.6. The molecule has 1 aromatic carbocycles. The number of pyridine rings is 1. The van der Waals surface area contributed by atoms with Gasteiger partial charge >= 0.3 is 19.7 Å². The predicted molar refractivity (Wildman–Crippen MR) is 172 cm³/mol. The summed E-state index contributed by atoms with van der Waals surface area (Å²) >= 11 is 0. The van der Waals surface area contributed by atoms with Crippen LogP contribution in [-0.4, -0.2) is 65.9 Å². The lowest BCUT2D eigenvalue weighted by Crippen LogP contribution is -2.21. The summed E-state index contributed by atoms with van der Waals surface area (Å²) < 4.78 is 79.5. The third-order valence-corrected chi connectivity index (χ3v) is 9.30. The molecular formula is C31H33F3N7O7P. The normalized spacial score (nSPS) is 16.5. The second-order valence-electron chi connectivity index (χ2n) is 10.6. The number of carbonyl (C=O) groups excluding carboxylic acids is 2. The second kappa shape index (κ2) is 14.6. The highest BCUT2D eigenvalue weighted by Crippen LogP contribution is 2.52. The molecule has 0 fully saturated rings. The number of halogens is 3. The van der Waals surface area contributed by atoms with Gasteiger partial charge in [-0.1, -0.05) is 6.07 Å². The summed E-state index contributed by atoms with van der Waals surface area (Å²) in [5.41, 5.74) is 0.141. The van der Waals surface area contributed by atoms with Crippen molar-refractivity contribution >= 4 is 42.6 Å². The zero-order valence-electron chi connectivity index (χ0n) is 26.9. The number of aryl methyl sites for hydroxylation is 1. The molecule has 1 amide bonds. The van der Waals surface area contributed by atoms with Crippen molar-refractivity contribution in [1.29, 1.82) is 0 Å². The van der Waals surface area contributed by atoms with E-state index in [1.165, 1.54) is 39.5 Å². The molecule has 3 aromatic heterocycles. The molecule has 0 saturated heterocycles. The number of carbonyl (C=O) groups is 2. The Morgan fingerprint density at radius 3 is 2.57 bits per heavy atom. The molecule has 7 heterocycles. The van der Waals surface area contributed by atoms with Crippen LogP contribution >= 0.6 is 7.60 Å². The first-order valence-electron chi connectivity index (χ1n) is 14.9. The van der Waals surface area contributed by atoms with Gasteiger partial charge in [-0.05, 0) is 49.2 Å². The van der Waals surface area contributed by atoms with Gasteiger partial charge in [-0.25, -0.2) is 14.8 Å². The number of hydrogen-bond donors (Lipinski definition) is 3. The lowest BCUT2D eigenvalue weighted by molar-refractivity contribution is -0.137. The van der Waals surface area contributed by atoms with Crippen LogP contribution in [0.4, 0.5) is 36.3 Å². The number of methoxy groups -OCH3 is 2. The summed E-state index contributed by atoms with van der Waals surface area (Å²) in [4.78, 5) is 38.0. The highest BCUT2D eigenvalue weighted by atomic mass is 31.2. The first kappa shape index (κ1) is 35.3. The fraction of sp³-hybridized carbons (Fsp3) is 0.323. The largest absolute Gasteiger partial charge is 0.495 e. The van der Waals surface area contributed by atoms with Crippen LogP contribution in [0.2, 0.25) is 0 Å². The number of amides is 1. The summed E-state index contributed by atoms with van der Waals surface area (Å²) in [6.45, 7) is 2.07. The first-order chi connectivity index (χ1) is 23.4. The number of alkyl halides is 3. The zero-order valence-corrected chi connectivity index (χ0v) is 27.8. The van der Waals surface area contributed by atoms with Crippen LogP contribution in [0.1, 0.15) is 45.4 Å². The fourth-order valence-corrected chi connectivity index (χ4v) is 6.74. The summed E-state index contributed by atoms with van der Waals surface area (Å²) in [5, 5.41) is 7.91. The number of anilines is 4. The van der Waals surface area contributed by atoms with E-state index in [4.69, 9.17) is 18.5 Å². The molecule has 1 atom stereocenters. The molecule has 18 heteroatoms. The lowest BCUT2D eigenvalue weighted by atomic mass is 10.1. The minimum Gasteiger partial charge on any atom is -0.495 e. The summed E-state index contributed by atoms with van der Waals surface area (Å²) in [6, 6.07) is 9.14. The van der Waals surface area contributed by atoms with Crippen LogP contribution in [0.5, 0.6) is 5.75 Å². The summed E-state index contributed by atoms with van der Waals surface area (Å²) in [7, 11) is 0.306. The van der Waals surface area contributed by atoms with Gasteiger partial charge < -0.3 is 39.0 Å². The maximum atomic E-state index is 14.1. The molecule has 260 valence electrons. The van der Waals surface area contributed by atoms with Crippen molar-refractivity contribution in [1.82, 2.24) is 24.8 Å². The van der Waals surface area contributed by atoms with E-state index in [9.17, 15) is 27.3 Å². The van der Waals surface area contributed by atoms with Gasteiger partial charge in [0.1, 0.15) is 22.8 Å². The maximum absolute atomic E-state index is 14.1. The number of esters is 1. The van der Waals surface area contributed by atoms with Gasteiger partial charge in [0.2, 0.25) is 5.95 Å². The van der Waals surface area contributed by atoms with E-state index in [1.807, 2.05) is 0 Å². The average molecular weight is 704 g/mol. The summed E-state index contributed by atoms with van der Waals surface area (Å²) in [5.74, 6) is -1.98. The SMILES string of the molecule is CCOP1(=O)Cc2ccc(c(OC)c2)Nc2ncc(C(F)(F)F)c(n2)Nc2ccc(nc2C(=O)NC)-c2cc(C(=O)OC)n(c2)CCCO1. The third-order valence-electron chi connectivity index (χ3n) is 7.32. The van der Waals surface area contributed by atoms with Crippen molar-refractivity contribution in [2.45, 2.75) is 32.2 Å². The Morgan fingerprint density at radius 2 is 1.88 bits per heavy atom. The predicted octanol–water partition coefficient (Wildman–Crippen LogP) is 6.15. The Hall–Kier alpha value is -4.99. The van der Waals surface area contributed by atoms with Gasteiger partial charge in [0.25, 0.3) is 5.91 Å². The molecule has 4 aromatic rings. The standard InChI is InChI=1S/C31H33F3N7O7P/c1-5-47-49(44)17-18-7-8-22(25(13-18)45-3)39-30-36-15-20(31(32,33)34)27(40-30)38-23-10-9-21(37-26(23)28(42)35-2)19-14-24(29(43)46-4)41(16-19)11-6-12-48-49/h7-10,13-16H,5-6,11-12,17H2,1-4H3,(H,35,42)(H2,36,38,39,40). The van der Waals surface area contributed by atoms with Gasteiger partial charge in [0.15, 0.2) is 5.69 Å². The molecule has 4 aliphatic heterocycles. The van der Waals surface area contributed by atoms with Crippen molar-refractivity contribution in [2.75, 3.05) is 45.1 Å². The van der Waals surface area contributed by atoms with E-state index in [0.717, 1.165) is 0 Å². The molecule has 8 bridgehead atoms. The van der Waals surface area contributed by atoms with E-state index in [1.54, 1.807) is 35.9 Å². The molecule has 0 spiro atoms. The van der Waals surface area contributed by atoms with Crippen molar-refractivity contribution in [3.05, 3.63) is 71.3 Å². The van der Waals surface area contributed by atoms with E-state index in [2.05, 4.69) is 30.9 Å². The van der Waals surface area contributed by atoms with Crippen LogP contribution in [0, 0.1) is 0 Å². The van der Waals surface area contributed by atoms with Gasteiger partial charge in [0.05, 0.1) is 50.7 Å². The Morgan fingerprint density at radius 1 is 1.10 bits per heavy atom. The molecule has 0 aliphatic carbocycles. The van der Waals surface area contributed by atoms with E-state index >= 15 is 0 Å². The second-order valence-corrected chi connectivity index (χ2v) is 12.6. The topological polar surface area (TPSA) is 168 Å². The molecule has 1 unspecified atom stereocenters. The zero-order chi connectivity index (χ0) is 35.3. The average Bonchev–Trinajstić information content (AvgIpc) is 3.50. The van der Waals surface area contributed by atoms with Crippen LogP contribution in [0.25, 0.3) is 11.3 Å². The number of rotatable bonds is 5. The highest BCUT2D eigenvalue weighted by molar-refractivity contribution is 7.53. The third kappa shape index (κ3) is 8.01. The van der Waals surface area contributed by atoms with Crippen molar-refractivity contribution in [2.24, 2.45) is 0 Å². The van der Waals surface area contributed by atoms with Crippen LogP contribution in [0.15, 0.2) is 48.8 Å². The number of benzene rings is 1. The Balaban J connectivity index is 1.67. The fourth-order valence-electron chi connectivity index (χ4n) is 5.04. The molecule has 49 heavy (non-hydrogen) atoms. The van der Waals surface area contributed by atoms with Gasteiger partial charge in [-0.15, -0.1) is 0 Å². The van der Waals surface area contributed by atoms with Crippen LogP contribution in [0.3, 0.4) is 0 Å². The van der Waals surface area contributed by atoms with Gasteiger partial charge in [-0.2, -0.15) is 18.2 Å². The lowest BCUT2D eigenvalue weighted by Gasteiger charge is -2.19. The highest BCUT2D eigenvalue weighted by Gasteiger charge is 2.36. The van der Waals surface area contributed by atoms with E-state index in [0.29, 0.717) is 29.4 Å². The Labute approximate surface area is 278 Å². The molecule has 0 saturated carbocycles. The van der Waals surface area contributed by atoms with Crippen molar-refractivity contribution in [3.63, 3.8) is 0 Å². The van der Waals surface area contributed by atoms with E-state index in [-0.39, 0.29) is 60.4 Å².